The molecule has 2 rings (SSSR count). The molecule has 0 aromatic heterocycles. The number of aromatic hydroxyl groups is 1. The van der Waals surface area contributed by atoms with Crippen molar-refractivity contribution in [3.63, 3.8) is 0 Å². The number of hydrogen-bond donors (Lipinski definition) is 2. The number of unbranched alkanes of at least 4 members (excludes halogenated alkanes) is 2. The molecule has 1 unspecified atom stereocenters. The van der Waals surface area contributed by atoms with Crippen LogP contribution in [0.2, 0.25) is 0 Å². The first kappa shape index (κ1) is 14.4. The Bertz CT molecular complexity index is 493. The number of phenols is 1. The maximum atomic E-state index is 9.35. The number of rotatable bonds is 7. The number of hydrogen-bond acceptors (Lipinski definition) is 2. The van der Waals surface area contributed by atoms with Gasteiger partial charge in [-0.05, 0) is 36.2 Å². The van der Waals surface area contributed by atoms with Crippen LogP contribution in [0.4, 0.5) is 5.69 Å². The minimum atomic E-state index is 0.304. The molecule has 2 nitrogen and oxygen atoms in total. The maximum absolute atomic E-state index is 9.35. The summed E-state index contributed by atoms with van der Waals surface area (Å²) in [5.41, 5.74) is 2.37. The van der Waals surface area contributed by atoms with Crippen molar-refractivity contribution in [1.29, 1.82) is 0 Å². The van der Waals surface area contributed by atoms with Crippen molar-refractivity contribution in [2.75, 3.05) is 5.32 Å². The van der Waals surface area contributed by atoms with Gasteiger partial charge in [0.2, 0.25) is 0 Å². The Labute approximate surface area is 121 Å². The molecule has 106 valence electrons. The predicted molar refractivity (Wildman–Crippen MR) is 85.1 cm³/mol. The standard InChI is InChI=1S/C18H23NO/c1-2-3-5-10-18(15-8-6-4-7-9-15)19-16-11-13-17(20)14-12-16/h4,6-9,11-14,18-20H,2-3,5,10H2,1H3. The number of phenolic OH excluding ortho intramolecular Hbond substituents is 1. The van der Waals surface area contributed by atoms with E-state index in [4.69, 9.17) is 0 Å². The molecule has 0 saturated carbocycles. The van der Waals surface area contributed by atoms with E-state index in [1.807, 2.05) is 18.2 Å². The summed E-state index contributed by atoms with van der Waals surface area (Å²) >= 11 is 0. The van der Waals surface area contributed by atoms with Gasteiger partial charge in [-0.2, -0.15) is 0 Å². The molecule has 20 heavy (non-hydrogen) atoms. The van der Waals surface area contributed by atoms with Crippen LogP contribution in [0.25, 0.3) is 0 Å². The highest BCUT2D eigenvalue weighted by Gasteiger charge is 2.10. The Morgan fingerprint density at radius 1 is 0.950 bits per heavy atom. The van der Waals surface area contributed by atoms with Crippen LogP contribution in [-0.4, -0.2) is 5.11 Å². The summed E-state index contributed by atoms with van der Waals surface area (Å²) in [4.78, 5) is 0. The molecule has 0 amide bonds. The Morgan fingerprint density at radius 3 is 2.30 bits per heavy atom. The summed E-state index contributed by atoms with van der Waals surface area (Å²) in [5.74, 6) is 0.304. The molecular formula is C18H23NO. The van der Waals surface area contributed by atoms with Crippen molar-refractivity contribution in [2.24, 2.45) is 0 Å². The van der Waals surface area contributed by atoms with Gasteiger partial charge in [0, 0.05) is 5.69 Å². The zero-order chi connectivity index (χ0) is 14.2. The maximum Gasteiger partial charge on any atom is 0.115 e. The fourth-order valence-electron chi connectivity index (χ4n) is 2.36. The quantitative estimate of drug-likeness (QED) is 0.539. The van der Waals surface area contributed by atoms with E-state index in [-0.39, 0.29) is 0 Å². The van der Waals surface area contributed by atoms with Crippen molar-refractivity contribution >= 4 is 5.69 Å². The third kappa shape index (κ3) is 4.30. The van der Waals surface area contributed by atoms with Crippen molar-refractivity contribution < 1.29 is 5.11 Å². The van der Waals surface area contributed by atoms with Gasteiger partial charge in [0.15, 0.2) is 0 Å². The second-order valence-corrected chi connectivity index (χ2v) is 5.15. The first-order chi connectivity index (χ1) is 9.79. The highest BCUT2D eigenvalue weighted by atomic mass is 16.3. The van der Waals surface area contributed by atoms with E-state index in [2.05, 4.69) is 36.5 Å². The third-order valence-corrected chi connectivity index (χ3v) is 3.51. The minimum Gasteiger partial charge on any atom is -0.508 e. The highest BCUT2D eigenvalue weighted by molar-refractivity contribution is 5.48. The molecule has 2 aromatic carbocycles. The zero-order valence-corrected chi connectivity index (χ0v) is 12.0. The number of anilines is 1. The Kier molecular flexibility index (Phi) is 5.48. The van der Waals surface area contributed by atoms with Crippen molar-refractivity contribution in [3.05, 3.63) is 60.2 Å². The average Bonchev–Trinajstić information content (AvgIpc) is 2.49. The largest absolute Gasteiger partial charge is 0.508 e. The van der Waals surface area contributed by atoms with Gasteiger partial charge >= 0.3 is 0 Å². The molecule has 0 spiro atoms. The molecule has 0 fully saturated rings. The predicted octanol–water partition coefficient (Wildman–Crippen LogP) is 5.13. The minimum absolute atomic E-state index is 0.304. The number of benzene rings is 2. The lowest BCUT2D eigenvalue weighted by molar-refractivity contribution is 0.475. The van der Waals surface area contributed by atoms with Crippen molar-refractivity contribution in [3.8, 4) is 5.75 Å². The van der Waals surface area contributed by atoms with Gasteiger partial charge in [-0.1, -0.05) is 56.5 Å². The van der Waals surface area contributed by atoms with E-state index in [0.717, 1.165) is 12.1 Å². The van der Waals surface area contributed by atoms with Crippen LogP contribution in [0.1, 0.15) is 44.2 Å². The van der Waals surface area contributed by atoms with E-state index >= 15 is 0 Å². The lowest BCUT2D eigenvalue weighted by atomic mass is 10.00. The summed E-state index contributed by atoms with van der Waals surface area (Å²) < 4.78 is 0. The molecule has 1 atom stereocenters. The first-order valence-corrected chi connectivity index (χ1v) is 7.40. The topological polar surface area (TPSA) is 32.3 Å². The molecule has 0 aliphatic carbocycles. The second kappa shape index (κ2) is 7.59. The molecule has 0 aliphatic rings. The van der Waals surface area contributed by atoms with Crippen molar-refractivity contribution in [1.82, 2.24) is 0 Å². The molecular weight excluding hydrogens is 246 g/mol. The second-order valence-electron chi connectivity index (χ2n) is 5.15. The highest BCUT2D eigenvalue weighted by Crippen LogP contribution is 2.25. The van der Waals surface area contributed by atoms with Gasteiger partial charge in [-0.3, -0.25) is 0 Å². The lowest BCUT2D eigenvalue weighted by Crippen LogP contribution is -2.10. The van der Waals surface area contributed by atoms with E-state index in [1.54, 1.807) is 12.1 Å². The fraction of sp³-hybridized carbons (Fsp3) is 0.333. The fourth-order valence-corrected chi connectivity index (χ4v) is 2.36. The van der Waals surface area contributed by atoms with Crippen LogP contribution < -0.4 is 5.32 Å². The first-order valence-electron chi connectivity index (χ1n) is 7.40. The zero-order valence-electron chi connectivity index (χ0n) is 12.0. The van der Waals surface area contributed by atoms with Crippen molar-refractivity contribution in [2.45, 2.75) is 38.6 Å². The van der Waals surface area contributed by atoms with Crippen LogP contribution in [0.3, 0.4) is 0 Å². The summed E-state index contributed by atoms with van der Waals surface area (Å²) in [5, 5.41) is 12.9. The van der Waals surface area contributed by atoms with Gasteiger partial charge < -0.3 is 10.4 Å². The molecule has 2 aromatic rings. The van der Waals surface area contributed by atoms with Gasteiger partial charge in [0.05, 0.1) is 6.04 Å². The summed E-state index contributed by atoms with van der Waals surface area (Å²) in [6.07, 6.45) is 4.85. The monoisotopic (exact) mass is 269 g/mol. The number of nitrogens with one attached hydrogen (secondary N) is 1. The Morgan fingerprint density at radius 2 is 1.65 bits per heavy atom. The van der Waals surface area contributed by atoms with Gasteiger partial charge in [0.25, 0.3) is 0 Å². The van der Waals surface area contributed by atoms with Crippen LogP contribution in [-0.2, 0) is 0 Å². The van der Waals surface area contributed by atoms with Crippen LogP contribution in [0.5, 0.6) is 5.75 Å². The van der Waals surface area contributed by atoms with E-state index < -0.39 is 0 Å². The molecule has 0 heterocycles. The van der Waals surface area contributed by atoms with Gasteiger partial charge in [-0.15, -0.1) is 0 Å². The van der Waals surface area contributed by atoms with Crippen LogP contribution >= 0.6 is 0 Å². The smallest absolute Gasteiger partial charge is 0.115 e. The molecule has 0 aliphatic heterocycles. The summed E-state index contributed by atoms with van der Waals surface area (Å²) in [7, 11) is 0. The van der Waals surface area contributed by atoms with Crippen LogP contribution in [0.15, 0.2) is 54.6 Å². The SMILES string of the molecule is CCCCCC(Nc1ccc(O)cc1)c1ccccc1. The normalized spacial score (nSPS) is 12.1. The molecule has 0 saturated heterocycles. The van der Waals surface area contributed by atoms with Crippen LogP contribution in [0, 0.1) is 0 Å². The summed E-state index contributed by atoms with van der Waals surface area (Å²) in [6.45, 7) is 2.23. The van der Waals surface area contributed by atoms with E-state index in [0.29, 0.717) is 11.8 Å². The lowest BCUT2D eigenvalue weighted by Gasteiger charge is -2.20. The molecule has 2 N–H and O–H groups in total. The average molecular weight is 269 g/mol. The Balaban J connectivity index is 2.07. The van der Waals surface area contributed by atoms with E-state index in [9.17, 15) is 5.11 Å². The third-order valence-electron chi connectivity index (χ3n) is 3.51. The summed E-state index contributed by atoms with van der Waals surface area (Å²) in [6, 6.07) is 18.2. The van der Waals surface area contributed by atoms with Gasteiger partial charge in [0.1, 0.15) is 5.75 Å². The molecule has 2 heteroatoms. The van der Waals surface area contributed by atoms with Gasteiger partial charge in [-0.25, -0.2) is 0 Å². The van der Waals surface area contributed by atoms with E-state index in [1.165, 1.54) is 24.8 Å². The molecule has 0 bridgehead atoms. The molecule has 0 radical (unpaired) electrons. The Hall–Kier alpha value is -1.96.